The van der Waals surface area contributed by atoms with Gasteiger partial charge in [0.15, 0.2) is 0 Å². The summed E-state index contributed by atoms with van der Waals surface area (Å²) in [5.41, 5.74) is 1.01. The summed E-state index contributed by atoms with van der Waals surface area (Å²) < 4.78 is 55.3. The van der Waals surface area contributed by atoms with Gasteiger partial charge in [-0.25, -0.2) is 13.1 Å². The van der Waals surface area contributed by atoms with Crippen molar-refractivity contribution in [3.63, 3.8) is 0 Å². The molecule has 0 radical (unpaired) electrons. The Bertz CT molecular complexity index is 725. The van der Waals surface area contributed by atoms with E-state index in [-0.39, 0.29) is 24.5 Å². The molecule has 1 heterocycles. The Morgan fingerprint density at radius 3 is 2.57 bits per heavy atom. The summed E-state index contributed by atoms with van der Waals surface area (Å²) in [6.45, 7) is -3.08. The number of aromatic nitrogens is 1. The quantitative estimate of drug-likeness (QED) is 0.800. The molecule has 0 bridgehead atoms. The van der Waals surface area contributed by atoms with Gasteiger partial charge in [0, 0.05) is 30.4 Å². The summed E-state index contributed by atoms with van der Waals surface area (Å²) in [6, 6.07) is 11.3. The predicted octanol–water partition coefficient (Wildman–Crippen LogP) is 2.35. The van der Waals surface area contributed by atoms with Crippen molar-refractivity contribution < 1.29 is 21.9 Å². The summed E-state index contributed by atoms with van der Waals surface area (Å²) in [4.78, 5) is 4.05. The van der Waals surface area contributed by atoms with Crippen molar-refractivity contribution in [2.24, 2.45) is 0 Å². The standard InChI is InChI=1S/C15H16F2N2O3S/c16-15(17)22-14-7-2-1-5-12(14)11-19-23(20,21)10-8-13-6-3-4-9-18-13/h1-7,9,15,19H,8,10-11H2. The van der Waals surface area contributed by atoms with E-state index in [0.29, 0.717) is 11.3 Å². The third-order valence-electron chi connectivity index (χ3n) is 3.02. The first-order valence-corrected chi connectivity index (χ1v) is 8.51. The zero-order chi connectivity index (χ0) is 16.7. The summed E-state index contributed by atoms with van der Waals surface area (Å²) in [5.74, 6) is -0.183. The van der Waals surface area contributed by atoms with Gasteiger partial charge in [0.25, 0.3) is 0 Å². The van der Waals surface area contributed by atoms with Crippen LogP contribution in [0, 0.1) is 0 Å². The van der Waals surface area contributed by atoms with E-state index < -0.39 is 16.6 Å². The van der Waals surface area contributed by atoms with Crippen LogP contribution in [0.1, 0.15) is 11.3 Å². The van der Waals surface area contributed by atoms with Crippen LogP contribution in [-0.2, 0) is 23.0 Å². The molecule has 0 unspecified atom stereocenters. The van der Waals surface area contributed by atoms with Crippen molar-refractivity contribution in [1.29, 1.82) is 0 Å². The minimum Gasteiger partial charge on any atom is -0.434 e. The zero-order valence-corrected chi connectivity index (χ0v) is 13.0. The number of sulfonamides is 1. The number of nitrogens with one attached hydrogen (secondary N) is 1. The molecule has 23 heavy (non-hydrogen) atoms. The lowest BCUT2D eigenvalue weighted by atomic mass is 10.2. The van der Waals surface area contributed by atoms with Gasteiger partial charge in [-0.15, -0.1) is 0 Å². The van der Waals surface area contributed by atoms with Crippen LogP contribution in [0.2, 0.25) is 0 Å². The highest BCUT2D eigenvalue weighted by atomic mass is 32.2. The van der Waals surface area contributed by atoms with Crippen LogP contribution in [-0.4, -0.2) is 25.8 Å². The number of pyridine rings is 1. The minimum atomic E-state index is -3.56. The number of benzene rings is 1. The van der Waals surface area contributed by atoms with E-state index >= 15 is 0 Å². The van der Waals surface area contributed by atoms with Gasteiger partial charge in [-0.1, -0.05) is 24.3 Å². The van der Waals surface area contributed by atoms with Crippen molar-refractivity contribution in [3.8, 4) is 5.75 Å². The van der Waals surface area contributed by atoms with E-state index in [1.54, 1.807) is 30.5 Å². The van der Waals surface area contributed by atoms with Crippen LogP contribution in [0.3, 0.4) is 0 Å². The van der Waals surface area contributed by atoms with Crippen LogP contribution in [0.4, 0.5) is 8.78 Å². The molecule has 0 aliphatic carbocycles. The molecule has 0 saturated carbocycles. The van der Waals surface area contributed by atoms with Crippen molar-refractivity contribution in [2.45, 2.75) is 19.6 Å². The fourth-order valence-electron chi connectivity index (χ4n) is 1.91. The summed E-state index contributed by atoms with van der Waals surface area (Å²) in [6.07, 6.45) is 1.86. The van der Waals surface area contributed by atoms with Crippen LogP contribution in [0.15, 0.2) is 48.7 Å². The monoisotopic (exact) mass is 342 g/mol. The third-order valence-corrected chi connectivity index (χ3v) is 4.35. The lowest BCUT2D eigenvalue weighted by molar-refractivity contribution is -0.0504. The smallest absolute Gasteiger partial charge is 0.387 e. The number of ether oxygens (including phenoxy) is 1. The van der Waals surface area contributed by atoms with Gasteiger partial charge in [-0.3, -0.25) is 4.98 Å². The normalized spacial score (nSPS) is 11.6. The van der Waals surface area contributed by atoms with Gasteiger partial charge in [-0.05, 0) is 18.2 Å². The summed E-state index contributed by atoms with van der Waals surface area (Å²) in [5, 5.41) is 0. The number of hydrogen-bond donors (Lipinski definition) is 1. The molecular weight excluding hydrogens is 326 g/mol. The van der Waals surface area contributed by atoms with E-state index in [2.05, 4.69) is 14.4 Å². The Kier molecular flexibility index (Phi) is 6.00. The van der Waals surface area contributed by atoms with E-state index in [1.807, 2.05) is 0 Å². The third kappa shape index (κ3) is 5.91. The topological polar surface area (TPSA) is 68.3 Å². The number of halogens is 2. The predicted molar refractivity (Wildman–Crippen MR) is 81.6 cm³/mol. The molecule has 0 amide bonds. The Morgan fingerprint density at radius 2 is 1.87 bits per heavy atom. The Balaban J connectivity index is 1.94. The molecule has 0 spiro atoms. The fourth-order valence-corrected chi connectivity index (χ4v) is 2.90. The van der Waals surface area contributed by atoms with Gasteiger partial charge < -0.3 is 4.74 Å². The van der Waals surface area contributed by atoms with Gasteiger partial charge >= 0.3 is 6.61 Å². The highest BCUT2D eigenvalue weighted by molar-refractivity contribution is 7.89. The number of hydrogen-bond acceptors (Lipinski definition) is 4. The molecule has 0 aliphatic heterocycles. The van der Waals surface area contributed by atoms with Crippen LogP contribution < -0.4 is 9.46 Å². The molecule has 2 rings (SSSR count). The zero-order valence-electron chi connectivity index (χ0n) is 12.2. The van der Waals surface area contributed by atoms with Crippen LogP contribution in [0.25, 0.3) is 0 Å². The summed E-state index contributed by atoms with van der Waals surface area (Å²) in [7, 11) is -3.56. The molecule has 8 heteroatoms. The maximum atomic E-state index is 12.3. The first-order chi connectivity index (χ1) is 11.0. The van der Waals surface area contributed by atoms with E-state index in [0.717, 1.165) is 0 Å². The van der Waals surface area contributed by atoms with Gasteiger partial charge in [-0.2, -0.15) is 8.78 Å². The first kappa shape index (κ1) is 17.3. The van der Waals surface area contributed by atoms with Crippen molar-refractivity contribution in [3.05, 3.63) is 59.9 Å². The van der Waals surface area contributed by atoms with Crippen LogP contribution >= 0.6 is 0 Å². The van der Waals surface area contributed by atoms with Crippen LogP contribution in [0.5, 0.6) is 5.75 Å². The van der Waals surface area contributed by atoms with Crippen molar-refractivity contribution in [1.82, 2.24) is 9.71 Å². The molecule has 1 aromatic heterocycles. The van der Waals surface area contributed by atoms with E-state index in [1.165, 1.54) is 18.2 Å². The number of aryl methyl sites for hydroxylation is 1. The molecule has 2 aromatic rings. The highest BCUT2D eigenvalue weighted by Gasteiger charge is 2.14. The Morgan fingerprint density at radius 1 is 1.13 bits per heavy atom. The van der Waals surface area contributed by atoms with Gasteiger partial charge in [0.2, 0.25) is 10.0 Å². The fraction of sp³-hybridized carbons (Fsp3) is 0.267. The second kappa shape index (κ2) is 7.98. The maximum absolute atomic E-state index is 12.3. The average molecular weight is 342 g/mol. The highest BCUT2D eigenvalue weighted by Crippen LogP contribution is 2.20. The molecule has 1 aromatic carbocycles. The van der Waals surface area contributed by atoms with Gasteiger partial charge in [0.05, 0.1) is 5.75 Å². The number of rotatable bonds is 8. The molecule has 0 fully saturated rings. The average Bonchev–Trinajstić information content (AvgIpc) is 2.53. The number of para-hydroxylation sites is 1. The van der Waals surface area contributed by atoms with E-state index in [4.69, 9.17) is 0 Å². The molecular formula is C15H16F2N2O3S. The second-order valence-electron chi connectivity index (χ2n) is 4.70. The number of nitrogens with zero attached hydrogens (tertiary/aromatic N) is 1. The Labute approximate surface area is 133 Å². The van der Waals surface area contributed by atoms with Crippen molar-refractivity contribution in [2.75, 3.05) is 5.75 Å². The molecule has 5 nitrogen and oxygen atoms in total. The van der Waals surface area contributed by atoms with Gasteiger partial charge in [0.1, 0.15) is 5.75 Å². The number of alkyl halides is 2. The first-order valence-electron chi connectivity index (χ1n) is 6.86. The lowest BCUT2D eigenvalue weighted by Crippen LogP contribution is -2.27. The minimum absolute atomic E-state index is 0.0464. The molecule has 0 atom stereocenters. The second-order valence-corrected chi connectivity index (χ2v) is 6.62. The molecule has 1 N–H and O–H groups in total. The molecule has 124 valence electrons. The molecule has 0 saturated heterocycles. The largest absolute Gasteiger partial charge is 0.434 e. The van der Waals surface area contributed by atoms with E-state index in [9.17, 15) is 17.2 Å². The Hall–Kier alpha value is -2.06. The SMILES string of the molecule is O=S(=O)(CCc1ccccn1)NCc1ccccc1OC(F)F. The summed E-state index contributed by atoms with van der Waals surface area (Å²) >= 11 is 0. The van der Waals surface area contributed by atoms with Crippen molar-refractivity contribution >= 4 is 10.0 Å². The maximum Gasteiger partial charge on any atom is 0.387 e. The molecule has 0 aliphatic rings. The lowest BCUT2D eigenvalue weighted by Gasteiger charge is -2.11.